The molecular weight excluding hydrogens is 264 g/mol. The Morgan fingerprint density at radius 1 is 1.26 bits per heavy atom. The molecule has 19 heavy (non-hydrogen) atoms. The number of ketones is 1. The number of hydrogen-bond donors (Lipinski definition) is 1. The Morgan fingerprint density at radius 2 is 1.79 bits per heavy atom. The molecule has 0 aliphatic rings. The number of amides is 1. The van der Waals surface area contributed by atoms with Crippen LogP contribution in [-0.2, 0) is 9.59 Å². The molecule has 5 heteroatoms. The van der Waals surface area contributed by atoms with Gasteiger partial charge < -0.3 is 5.32 Å². The standard InChI is InChI=1S/C14H15ClN2O2/c1-14(2,3)12(18)11(8-16)13(19)17-10-6-4-9(15)5-7-10/h4-7,11H,1-3H3,(H,17,19). The molecule has 0 aromatic heterocycles. The maximum absolute atomic E-state index is 12.0. The van der Waals surface area contributed by atoms with Crippen LogP contribution in [0.2, 0.25) is 5.02 Å². The summed E-state index contributed by atoms with van der Waals surface area (Å²) in [5, 5.41) is 12.1. The van der Waals surface area contributed by atoms with Crippen molar-refractivity contribution < 1.29 is 9.59 Å². The van der Waals surface area contributed by atoms with E-state index in [1.807, 2.05) is 0 Å². The molecule has 4 nitrogen and oxygen atoms in total. The van der Waals surface area contributed by atoms with Gasteiger partial charge in [0.05, 0.1) is 6.07 Å². The second-order valence-corrected chi connectivity index (χ2v) is 5.61. The lowest BCUT2D eigenvalue weighted by atomic mass is 9.83. The summed E-state index contributed by atoms with van der Waals surface area (Å²) in [5.74, 6) is -2.33. The molecule has 0 aliphatic carbocycles. The van der Waals surface area contributed by atoms with Gasteiger partial charge in [0.1, 0.15) is 0 Å². The van der Waals surface area contributed by atoms with Gasteiger partial charge in [-0.2, -0.15) is 5.26 Å². The number of nitrogens with one attached hydrogen (secondary N) is 1. The minimum Gasteiger partial charge on any atom is -0.325 e. The fraction of sp³-hybridized carbons (Fsp3) is 0.357. The van der Waals surface area contributed by atoms with Crippen molar-refractivity contribution in [3.05, 3.63) is 29.3 Å². The molecule has 100 valence electrons. The molecule has 1 unspecified atom stereocenters. The molecule has 1 amide bonds. The van der Waals surface area contributed by atoms with Crippen molar-refractivity contribution in [3.8, 4) is 6.07 Å². The number of carbonyl (C=O) groups excluding carboxylic acids is 2. The zero-order valence-corrected chi connectivity index (χ0v) is 11.8. The molecule has 1 aromatic carbocycles. The third kappa shape index (κ3) is 4.08. The summed E-state index contributed by atoms with van der Waals surface area (Å²) >= 11 is 5.73. The van der Waals surface area contributed by atoms with Crippen LogP contribution in [0.4, 0.5) is 5.69 Å². The molecule has 0 saturated heterocycles. The summed E-state index contributed by atoms with van der Waals surface area (Å²) in [6.45, 7) is 5.03. The molecule has 0 radical (unpaired) electrons. The van der Waals surface area contributed by atoms with Crippen LogP contribution in [0.1, 0.15) is 20.8 Å². The van der Waals surface area contributed by atoms with E-state index in [1.165, 1.54) is 0 Å². The van der Waals surface area contributed by atoms with Crippen LogP contribution >= 0.6 is 11.6 Å². The predicted molar refractivity (Wildman–Crippen MR) is 73.6 cm³/mol. The van der Waals surface area contributed by atoms with Crippen molar-refractivity contribution in [1.82, 2.24) is 0 Å². The average Bonchev–Trinajstić information content (AvgIpc) is 2.31. The fourth-order valence-corrected chi connectivity index (χ4v) is 1.54. The van der Waals surface area contributed by atoms with Crippen molar-refractivity contribution in [2.75, 3.05) is 5.32 Å². The van der Waals surface area contributed by atoms with Gasteiger partial charge in [-0.1, -0.05) is 32.4 Å². The van der Waals surface area contributed by atoms with Gasteiger partial charge in [-0.3, -0.25) is 9.59 Å². The number of Topliss-reactive ketones (excluding diaryl/α,β-unsaturated/α-hetero) is 1. The quantitative estimate of drug-likeness (QED) is 0.864. The predicted octanol–water partition coefficient (Wildman–Crippen LogP) is 3.03. The highest BCUT2D eigenvalue weighted by atomic mass is 35.5. The van der Waals surface area contributed by atoms with E-state index in [0.29, 0.717) is 10.7 Å². The average molecular weight is 279 g/mol. The van der Waals surface area contributed by atoms with Gasteiger partial charge in [-0.25, -0.2) is 0 Å². The number of halogens is 1. The summed E-state index contributed by atoms with van der Waals surface area (Å²) < 4.78 is 0. The summed E-state index contributed by atoms with van der Waals surface area (Å²) in [5.41, 5.74) is -0.242. The number of anilines is 1. The van der Waals surface area contributed by atoms with E-state index in [-0.39, 0.29) is 0 Å². The van der Waals surface area contributed by atoms with Crippen LogP contribution in [0.3, 0.4) is 0 Å². The Labute approximate surface area is 117 Å². The summed E-state index contributed by atoms with van der Waals surface area (Å²) in [4.78, 5) is 23.9. The second-order valence-electron chi connectivity index (χ2n) is 5.17. The molecule has 0 spiro atoms. The fourth-order valence-electron chi connectivity index (χ4n) is 1.42. The molecule has 0 heterocycles. The van der Waals surface area contributed by atoms with Crippen LogP contribution < -0.4 is 5.32 Å². The van der Waals surface area contributed by atoms with Crippen molar-refractivity contribution >= 4 is 29.0 Å². The smallest absolute Gasteiger partial charge is 0.249 e. The number of hydrogen-bond acceptors (Lipinski definition) is 3. The van der Waals surface area contributed by atoms with E-state index in [9.17, 15) is 9.59 Å². The van der Waals surface area contributed by atoms with Crippen molar-refractivity contribution in [2.45, 2.75) is 20.8 Å². The molecule has 0 bridgehead atoms. The van der Waals surface area contributed by atoms with E-state index < -0.39 is 23.0 Å². The molecule has 0 aliphatic heterocycles. The minimum atomic E-state index is -1.31. The number of benzene rings is 1. The highest BCUT2D eigenvalue weighted by molar-refractivity contribution is 6.30. The number of nitriles is 1. The SMILES string of the molecule is CC(C)(C)C(=O)C(C#N)C(=O)Nc1ccc(Cl)cc1. The van der Waals surface area contributed by atoms with Gasteiger partial charge in [-0.05, 0) is 24.3 Å². The number of carbonyl (C=O) groups is 2. The summed E-state index contributed by atoms with van der Waals surface area (Å²) in [6, 6.07) is 8.20. The van der Waals surface area contributed by atoms with Crippen molar-refractivity contribution in [1.29, 1.82) is 5.26 Å². The zero-order chi connectivity index (χ0) is 14.6. The third-order valence-electron chi connectivity index (χ3n) is 2.50. The summed E-state index contributed by atoms with van der Waals surface area (Å²) in [7, 11) is 0. The molecule has 1 rings (SSSR count). The first-order valence-electron chi connectivity index (χ1n) is 5.76. The zero-order valence-electron chi connectivity index (χ0n) is 11.0. The maximum Gasteiger partial charge on any atom is 0.249 e. The first kappa shape index (κ1) is 15.2. The van der Waals surface area contributed by atoms with E-state index in [2.05, 4.69) is 5.32 Å². The lowest BCUT2D eigenvalue weighted by Crippen LogP contribution is -2.35. The van der Waals surface area contributed by atoms with E-state index in [1.54, 1.807) is 51.1 Å². The molecule has 1 aromatic rings. The first-order valence-corrected chi connectivity index (χ1v) is 6.14. The Hall–Kier alpha value is -1.86. The third-order valence-corrected chi connectivity index (χ3v) is 2.76. The Kier molecular flexibility index (Phi) is 4.68. The Bertz CT molecular complexity index is 524. The lowest BCUT2D eigenvalue weighted by Gasteiger charge is -2.19. The van der Waals surface area contributed by atoms with Crippen molar-refractivity contribution in [3.63, 3.8) is 0 Å². The van der Waals surface area contributed by atoms with Crippen molar-refractivity contribution in [2.24, 2.45) is 11.3 Å². The topological polar surface area (TPSA) is 70.0 Å². The Balaban J connectivity index is 2.84. The van der Waals surface area contributed by atoms with Gasteiger partial charge in [-0.15, -0.1) is 0 Å². The van der Waals surface area contributed by atoms with Gasteiger partial charge >= 0.3 is 0 Å². The van der Waals surface area contributed by atoms with Gasteiger partial charge in [0.25, 0.3) is 0 Å². The molecule has 1 atom stereocenters. The monoisotopic (exact) mass is 278 g/mol. The molecule has 0 saturated carbocycles. The van der Waals surface area contributed by atoms with Crippen LogP contribution in [0.25, 0.3) is 0 Å². The first-order chi connectivity index (χ1) is 8.75. The second kappa shape index (κ2) is 5.85. The summed E-state index contributed by atoms with van der Waals surface area (Å²) in [6.07, 6.45) is 0. The van der Waals surface area contributed by atoms with Crippen LogP contribution in [-0.4, -0.2) is 11.7 Å². The largest absolute Gasteiger partial charge is 0.325 e. The van der Waals surface area contributed by atoms with Gasteiger partial charge in [0.15, 0.2) is 11.7 Å². The molecular formula is C14H15ClN2O2. The minimum absolute atomic E-state index is 0.401. The van der Waals surface area contributed by atoms with Crippen LogP contribution in [0.15, 0.2) is 24.3 Å². The van der Waals surface area contributed by atoms with Crippen LogP contribution in [0.5, 0.6) is 0 Å². The lowest BCUT2D eigenvalue weighted by molar-refractivity contribution is -0.134. The highest BCUT2D eigenvalue weighted by Gasteiger charge is 2.34. The Morgan fingerprint density at radius 3 is 2.21 bits per heavy atom. The van der Waals surface area contributed by atoms with E-state index in [0.717, 1.165) is 0 Å². The number of rotatable bonds is 3. The maximum atomic E-state index is 12.0. The van der Waals surface area contributed by atoms with Gasteiger partial charge in [0.2, 0.25) is 5.91 Å². The van der Waals surface area contributed by atoms with Crippen LogP contribution in [0, 0.1) is 22.7 Å². The van der Waals surface area contributed by atoms with Gasteiger partial charge in [0, 0.05) is 16.1 Å². The molecule has 0 fully saturated rings. The number of nitrogens with zero attached hydrogens (tertiary/aromatic N) is 1. The normalized spacial score (nSPS) is 12.4. The van der Waals surface area contributed by atoms with E-state index in [4.69, 9.17) is 16.9 Å². The van der Waals surface area contributed by atoms with E-state index >= 15 is 0 Å². The highest BCUT2D eigenvalue weighted by Crippen LogP contribution is 2.21. The molecule has 1 N–H and O–H groups in total.